The maximum absolute atomic E-state index is 12.3. The molecule has 0 aliphatic carbocycles. The molecule has 2 aromatic carbocycles. The molecule has 5 heteroatoms. The summed E-state index contributed by atoms with van der Waals surface area (Å²) >= 11 is 1.66. The first-order chi connectivity index (χ1) is 11.7. The lowest BCUT2D eigenvalue weighted by Gasteiger charge is -2.06. The molecule has 0 aliphatic rings. The van der Waals surface area contributed by atoms with Crippen LogP contribution in [0.5, 0.6) is 0 Å². The zero-order chi connectivity index (χ0) is 16.5. The Bertz CT molecular complexity index is 986. The molecule has 1 amide bonds. The SMILES string of the molecule is Cc1cn2cc(-c3cccc(NC(=O)c4ccccc4)c3)nc2s1. The highest BCUT2D eigenvalue weighted by molar-refractivity contribution is 7.17. The topological polar surface area (TPSA) is 46.4 Å². The number of fused-ring (bicyclic) bond motifs is 1. The molecule has 4 aromatic rings. The van der Waals surface area contributed by atoms with E-state index in [2.05, 4.69) is 23.4 Å². The molecule has 0 bridgehead atoms. The van der Waals surface area contributed by atoms with Gasteiger partial charge in [0.15, 0.2) is 4.96 Å². The largest absolute Gasteiger partial charge is 0.322 e. The second-order valence-electron chi connectivity index (χ2n) is 5.56. The molecular formula is C19H15N3OS. The van der Waals surface area contributed by atoms with Crippen LogP contribution in [0, 0.1) is 6.92 Å². The van der Waals surface area contributed by atoms with Gasteiger partial charge in [0, 0.05) is 34.1 Å². The summed E-state index contributed by atoms with van der Waals surface area (Å²) in [6, 6.07) is 16.9. The molecule has 0 spiro atoms. The molecule has 4 rings (SSSR count). The summed E-state index contributed by atoms with van der Waals surface area (Å²) in [7, 11) is 0. The van der Waals surface area contributed by atoms with Crippen molar-refractivity contribution in [1.29, 1.82) is 0 Å². The monoisotopic (exact) mass is 333 g/mol. The maximum Gasteiger partial charge on any atom is 0.255 e. The Morgan fingerprint density at radius 3 is 2.71 bits per heavy atom. The van der Waals surface area contributed by atoms with Gasteiger partial charge in [-0.3, -0.25) is 9.20 Å². The minimum atomic E-state index is -0.116. The second-order valence-corrected chi connectivity index (χ2v) is 6.77. The molecule has 0 saturated heterocycles. The van der Waals surface area contributed by atoms with E-state index in [1.54, 1.807) is 23.5 Å². The third-order valence-electron chi connectivity index (χ3n) is 3.72. The Morgan fingerprint density at radius 1 is 1.08 bits per heavy atom. The number of rotatable bonds is 3. The molecule has 24 heavy (non-hydrogen) atoms. The van der Waals surface area contributed by atoms with Crippen LogP contribution in [0.25, 0.3) is 16.2 Å². The molecule has 4 nitrogen and oxygen atoms in total. The lowest BCUT2D eigenvalue weighted by atomic mass is 10.1. The summed E-state index contributed by atoms with van der Waals surface area (Å²) in [5, 5.41) is 2.93. The van der Waals surface area contributed by atoms with Gasteiger partial charge in [-0.2, -0.15) is 0 Å². The molecule has 118 valence electrons. The molecule has 1 N–H and O–H groups in total. The summed E-state index contributed by atoms with van der Waals surface area (Å²) in [4.78, 5) is 19.1. The molecule has 0 fully saturated rings. The fourth-order valence-electron chi connectivity index (χ4n) is 2.60. The Kier molecular flexibility index (Phi) is 3.63. The number of carbonyl (C=O) groups is 1. The minimum Gasteiger partial charge on any atom is -0.322 e. The predicted molar refractivity (Wildman–Crippen MR) is 97.6 cm³/mol. The summed E-state index contributed by atoms with van der Waals surface area (Å²) in [6.07, 6.45) is 4.08. The van der Waals surface area contributed by atoms with Crippen molar-refractivity contribution >= 4 is 27.9 Å². The molecule has 0 unspecified atom stereocenters. The lowest BCUT2D eigenvalue weighted by molar-refractivity contribution is 0.102. The highest BCUT2D eigenvalue weighted by atomic mass is 32.1. The molecule has 0 saturated carbocycles. The van der Waals surface area contributed by atoms with Crippen LogP contribution in [-0.4, -0.2) is 15.3 Å². The number of carbonyl (C=O) groups excluding carboxylic acids is 1. The number of thiazole rings is 1. The average molecular weight is 333 g/mol. The number of aryl methyl sites for hydroxylation is 1. The van der Waals surface area contributed by atoms with Gasteiger partial charge in [0.25, 0.3) is 5.91 Å². The van der Waals surface area contributed by atoms with Crippen molar-refractivity contribution in [2.24, 2.45) is 0 Å². The van der Waals surface area contributed by atoms with Crippen LogP contribution in [0.2, 0.25) is 0 Å². The molecule has 0 aliphatic heterocycles. The third kappa shape index (κ3) is 2.81. The fourth-order valence-corrected chi connectivity index (χ4v) is 3.41. The highest BCUT2D eigenvalue weighted by Gasteiger charge is 2.09. The van der Waals surface area contributed by atoms with E-state index in [-0.39, 0.29) is 5.91 Å². The second kappa shape index (κ2) is 5.94. The van der Waals surface area contributed by atoms with E-state index in [0.717, 1.165) is 21.9 Å². The van der Waals surface area contributed by atoms with Crippen LogP contribution in [-0.2, 0) is 0 Å². The van der Waals surface area contributed by atoms with Crippen LogP contribution < -0.4 is 5.32 Å². The summed E-state index contributed by atoms with van der Waals surface area (Å²) in [5.41, 5.74) is 3.28. The quantitative estimate of drug-likeness (QED) is 0.594. The number of aromatic nitrogens is 2. The van der Waals surface area contributed by atoms with Gasteiger partial charge in [-0.15, -0.1) is 11.3 Å². The number of benzene rings is 2. The normalized spacial score (nSPS) is 10.9. The number of hydrogen-bond donors (Lipinski definition) is 1. The van der Waals surface area contributed by atoms with Crippen molar-refractivity contribution in [3.8, 4) is 11.3 Å². The van der Waals surface area contributed by atoms with E-state index in [1.165, 1.54) is 4.88 Å². The number of imidazole rings is 1. The van der Waals surface area contributed by atoms with Crippen molar-refractivity contribution in [3.63, 3.8) is 0 Å². The van der Waals surface area contributed by atoms with E-state index in [0.29, 0.717) is 5.56 Å². The average Bonchev–Trinajstić information content (AvgIpc) is 3.13. The van der Waals surface area contributed by atoms with Gasteiger partial charge in [0.1, 0.15) is 0 Å². The highest BCUT2D eigenvalue weighted by Crippen LogP contribution is 2.25. The fraction of sp³-hybridized carbons (Fsp3) is 0.0526. The van der Waals surface area contributed by atoms with E-state index in [1.807, 2.05) is 53.1 Å². The van der Waals surface area contributed by atoms with Gasteiger partial charge in [-0.1, -0.05) is 30.3 Å². The minimum absolute atomic E-state index is 0.116. The van der Waals surface area contributed by atoms with E-state index < -0.39 is 0 Å². The number of amides is 1. The Labute approximate surface area is 143 Å². The Morgan fingerprint density at radius 2 is 1.92 bits per heavy atom. The number of hydrogen-bond acceptors (Lipinski definition) is 3. The third-order valence-corrected chi connectivity index (χ3v) is 4.64. The summed E-state index contributed by atoms with van der Waals surface area (Å²) in [6.45, 7) is 2.07. The van der Waals surface area contributed by atoms with Crippen molar-refractivity contribution in [2.75, 3.05) is 5.32 Å². The van der Waals surface area contributed by atoms with Crippen molar-refractivity contribution in [1.82, 2.24) is 9.38 Å². The summed E-state index contributed by atoms with van der Waals surface area (Å²) < 4.78 is 2.03. The van der Waals surface area contributed by atoms with E-state index in [9.17, 15) is 4.79 Å². The van der Waals surface area contributed by atoms with Gasteiger partial charge in [0.2, 0.25) is 0 Å². The number of nitrogens with one attached hydrogen (secondary N) is 1. The molecule has 0 radical (unpaired) electrons. The standard InChI is InChI=1S/C19H15N3OS/c1-13-11-22-12-17(21-19(22)24-13)15-8-5-9-16(10-15)20-18(23)14-6-3-2-4-7-14/h2-12H,1H3,(H,20,23). The van der Waals surface area contributed by atoms with Crippen molar-refractivity contribution < 1.29 is 4.79 Å². The first-order valence-corrected chi connectivity index (χ1v) is 8.43. The van der Waals surface area contributed by atoms with Crippen LogP contribution in [0.15, 0.2) is 67.0 Å². The molecule has 2 heterocycles. The van der Waals surface area contributed by atoms with Crippen molar-refractivity contribution in [2.45, 2.75) is 6.92 Å². The van der Waals surface area contributed by atoms with Crippen LogP contribution in [0.4, 0.5) is 5.69 Å². The Balaban J connectivity index is 1.61. The molecule has 2 aromatic heterocycles. The zero-order valence-electron chi connectivity index (χ0n) is 13.1. The summed E-state index contributed by atoms with van der Waals surface area (Å²) in [5.74, 6) is -0.116. The van der Waals surface area contributed by atoms with Crippen molar-refractivity contribution in [3.05, 3.63) is 77.4 Å². The van der Waals surface area contributed by atoms with Crippen LogP contribution in [0.3, 0.4) is 0 Å². The van der Waals surface area contributed by atoms with E-state index >= 15 is 0 Å². The molecule has 0 atom stereocenters. The Hall–Kier alpha value is -2.92. The first kappa shape index (κ1) is 14.7. The van der Waals surface area contributed by atoms with Gasteiger partial charge in [-0.05, 0) is 31.2 Å². The zero-order valence-corrected chi connectivity index (χ0v) is 13.9. The van der Waals surface area contributed by atoms with Gasteiger partial charge < -0.3 is 5.32 Å². The molecular weight excluding hydrogens is 318 g/mol. The smallest absolute Gasteiger partial charge is 0.255 e. The van der Waals surface area contributed by atoms with Gasteiger partial charge in [-0.25, -0.2) is 4.98 Å². The maximum atomic E-state index is 12.3. The predicted octanol–water partition coefficient (Wildman–Crippen LogP) is 4.62. The van der Waals surface area contributed by atoms with Gasteiger partial charge in [0.05, 0.1) is 5.69 Å². The first-order valence-electron chi connectivity index (χ1n) is 7.61. The lowest BCUT2D eigenvalue weighted by Crippen LogP contribution is -2.11. The van der Waals surface area contributed by atoms with E-state index in [4.69, 9.17) is 0 Å². The van der Waals surface area contributed by atoms with Crippen LogP contribution >= 0.6 is 11.3 Å². The van der Waals surface area contributed by atoms with Gasteiger partial charge >= 0.3 is 0 Å². The van der Waals surface area contributed by atoms with Crippen LogP contribution in [0.1, 0.15) is 15.2 Å². The number of nitrogens with zero attached hydrogens (tertiary/aromatic N) is 2. The number of anilines is 1.